The molecule has 0 amide bonds. The van der Waals surface area contributed by atoms with Crippen molar-refractivity contribution in [3.63, 3.8) is 0 Å². The molecule has 0 fully saturated rings. The molecule has 0 atom stereocenters. The molecule has 12 heavy (non-hydrogen) atoms. The topological polar surface area (TPSA) is 12.0 Å². The normalized spacial score (nSPS) is 10.8. The van der Waals surface area contributed by atoms with E-state index in [1.54, 1.807) is 0 Å². The lowest BCUT2D eigenvalue weighted by atomic mass is 10.1. The molecule has 1 heteroatoms. The zero-order chi connectivity index (χ0) is 8.65. The summed E-state index contributed by atoms with van der Waals surface area (Å²) in [5.41, 5.74) is 1.37. The Hall–Kier alpha value is -1.08. The van der Waals surface area contributed by atoms with Crippen LogP contribution in [0.15, 0.2) is 42.5 Å². The summed E-state index contributed by atoms with van der Waals surface area (Å²) in [5, 5.41) is 3.07. The smallest absolute Gasteiger partial charge is 0.0131 e. The number of likely N-dealkylation sites (N-methyl/N-ethyl adjacent to an activating group) is 1. The molecule has 0 aliphatic rings. The third-order valence-corrected chi connectivity index (χ3v) is 1.69. The summed E-state index contributed by atoms with van der Waals surface area (Å²) in [6.07, 6.45) is 5.36. The molecular weight excluding hydrogens is 146 g/mol. The molecule has 0 aliphatic carbocycles. The van der Waals surface area contributed by atoms with Crippen molar-refractivity contribution in [2.45, 2.75) is 6.42 Å². The van der Waals surface area contributed by atoms with E-state index in [1.165, 1.54) is 5.56 Å². The maximum absolute atomic E-state index is 3.07. The molecule has 0 saturated heterocycles. The van der Waals surface area contributed by atoms with Crippen molar-refractivity contribution in [1.29, 1.82) is 0 Å². The molecule has 1 aromatic carbocycles. The van der Waals surface area contributed by atoms with Gasteiger partial charge in [-0.25, -0.2) is 0 Å². The van der Waals surface area contributed by atoms with E-state index in [-0.39, 0.29) is 0 Å². The quantitative estimate of drug-likeness (QED) is 0.666. The lowest BCUT2D eigenvalue weighted by molar-refractivity contribution is 0.916. The van der Waals surface area contributed by atoms with E-state index in [4.69, 9.17) is 0 Å². The van der Waals surface area contributed by atoms with Crippen LogP contribution in [0.5, 0.6) is 0 Å². The second kappa shape index (κ2) is 5.56. The lowest BCUT2D eigenvalue weighted by Gasteiger charge is -1.93. The molecule has 1 aromatic rings. The van der Waals surface area contributed by atoms with Gasteiger partial charge in [-0.2, -0.15) is 0 Å². The Morgan fingerprint density at radius 2 is 1.92 bits per heavy atom. The second-order valence-electron chi connectivity index (χ2n) is 2.72. The Bertz CT molecular complexity index is 226. The molecule has 0 heterocycles. The van der Waals surface area contributed by atoms with Crippen molar-refractivity contribution in [1.82, 2.24) is 5.32 Å². The number of nitrogens with one attached hydrogen (secondary N) is 1. The van der Waals surface area contributed by atoms with Crippen LogP contribution in [0.4, 0.5) is 0 Å². The minimum Gasteiger partial charge on any atom is -0.316 e. The maximum Gasteiger partial charge on any atom is 0.0131 e. The first kappa shape index (κ1) is 9.01. The van der Waals surface area contributed by atoms with Crippen molar-refractivity contribution in [3.05, 3.63) is 48.0 Å². The zero-order valence-corrected chi connectivity index (χ0v) is 7.46. The molecule has 0 aromatic heterocycles. The average Bonchev–Trinajstić information content (AvgIpc) is 2.14. The molecular formula is C11H15N. The summed E-state index contributed by atoms with van der Waals surface area (Å²) in [5.74, 6) is 0. The molecule has 1 nitrogen and oxygen atoms in total. The highest BCUT2D eigenvalue weighted by atomic mass is 14.8. The molecule has 1 rings (SSSR count). The Labute approximate surface area is 74.1 Å². The van der Waals surface area contributed by atoms with E-state index >= 15 is 0 Å². The van der Waals surface area contributed by atoms with E-state index in [2.05, 4.69) is 41.7 Å². The number of hydrogen-bond donors (Lipinski definition) is 1. The second-order valence-corrected chi connectivity index (χ2v) is 2.72. The van der Waals surface area contributed by atoms with Crippen molar-refractivity contribution in [2.24, 2.45) is 0 Å². The largest absolute Gasteiger partial charge is 0.316 e. The van der Waals surface area contributed by atoms with Gasteiger partial charge in [-0.15, -0.1) is 0 Å². The molecule has 0 unspecified atom stereocenters. The number of hydrogen-bond acceptors (Lipinski definition) is 1. The van der Waals surface area contributed by atoms with Gasteiger partial charge in [0.2, 0.25) is 0 Å². The SMILES string of the molecule is CNC/C=C/Cc1ccccc1. The highest BCUT2D eigenvalue weighted by molar-refractivity contribution is 5.17. The van der Waals surface area contributed by atoms with Gasteiger partial charge in [0.15, 0.2) is 0 Å². The molecule has 1 N–H and O–H groups in total. The van der Waals surface area contributed by atoms with E-state index in [0.717, 1.165) is 13.0 Å². The number of allylic oxidation sites excluding steroid dienone is 1. The fourth-order valence-corrected chi connectivity index (χ4v) is 1.03. The number of rotatable bonds is 4. The van der Waals surface area contributed by atoms with Crippen molar-refractivity contribution < 1.29 is 0 Å². The van der Waals surface area contributed by atoms with Crippen LogP contribution in [0.3, 0.4) is 0 Å². The fraction of sp³-hybridized carbons (Fsp3) is 0.273. The van der Waals surface area contributed by atoms with Gasteiger partial charge < -0.3 is 5.32 Å². The molecule has 0 bridgehead atoms. The van der Waals surface area contributed by atoms with Crippen LogP contribution >= 0.6 is 0 Å². The standard InChI is InChI=1S/C11H15N/c1-12-10-6-5-9-11-7-3-2-4-8-11/h2-8,12H,9-10H2,1H3/b6-5+. The maximum atomic E-state index is 3.07. The number of benzene rings is 1. The highest BCUT2D eigenvalue weighted by Crippen LogP contribution is 1.99. The molecule has 0 saturated carbocycles. The molecule has 64 valence electrons. The lowest BCUT2D eigenvalue weighted by Crippen LogP contribution is -2.03. The average molecular weight is 161 g/mol. The molecule has 0 radical (unpaired) electrons. The van der Waals surface area contributed by atoms with Gasteiger partial charge in [-0.3, -0.25) is 0 Å². The van der Waals surface area contributed by atoms with Crippen LogP contribution in [0.25, 0.3) is 0 Å². The van der Waals surface area contributed by atoms with Crippen LogP contribution < -0.4 is 5.32 Å². The highest BCUT2D eigenvalue weighted by Gasteiger charge is 1.84. The van der Waals surface area contributed by atoms with Gasteiger partial charge in [0.1, 0.15) is 0 Å². The van der Waals surface area contributed by atoms with Gasteiger partial charge in [0.25, 0.3) is 0 Å². The third-order valence-electron chi connectivity index (χ3n) is 1.69. The summed E-state index contributed by atoms with van der Waals surface area (Å²) < 4.78 is 0. The third kappa shape index (κ3) is 3.35. The predicted octanol–water partition coefficient (Wildman–Crippen LogP) is 2.00. The van der Waals surface area contributed by atoms with Gasteiger partial charge in [-0.1, -0.05) is 42.5 Å². The molecule has 0 spiro atoms. The fourth-order valence-electron chi connectivity index (χ4n) is 1.03. The zero-order valence-electron chi connectivity index (χ0n) is 7.46. The Balaban J connectivity index is 2.33. The monoisotopic (exact) mass is 161 g/mol. The van der Waals surface area contributed by atoms with Crippen LogP contribution in [0, 0.1) is 0 Å². The van der Waals surface area contributed by atoms with Gasteiger partial charge in [-0.05, 0) is 19.0 Å². The first-order valence-corrected chi connectivity index (χ1v) is 4.27. The predicted molar refractivity (Wildman–Crippen MR) is 53.2 cm³/mol. The minimum atomic E-state index is 0.951. The Kier molecular flexibility index (Phi) is 4.17. The van der Waals surface area contributed by atoms with Crippen LogP contribution in [0.1, 0.15) is 5.56 Å². The van der Waals surface area contributed by atoms with Crippen LogP contribution in [-0.4, -0.2) is 13.6 Å². The summed E-state index contributed by atoms with van der Waals surface area (Å²) in [6.45, 7) is 0.951. The first-order valence-electron chi connectivity index (χ1n) is 4.27. The van der Waals surface area contributed by atoms with Gasteiger partial charge in [0.05, 0.1) is 0 Å². The van der Waals surface area contributed by atoms with Crippen molar-refractivity contribution in [2.75, 3.05) is 13.6 Å². The van der Waals surface area contributed by atoms with E-state index in [1.807, 2.05) is 13.1 Å². The Morgan fingerprint density at radius 1 is 1.17 bits per heavy atom. The van der Waals surface area contributed by atoms with Gasteiger partial charge in [0, 0.05) is 6.54 Å². The summed E-state index contributed by atoms with van der Waals surface area (Å²) >= 11 is 0. The van der Waals surface area contributed by atoms with E-state index in [9.17, 15) is 0 Å². The Morgan fingerprint density at radius 3 is 2.58 bits per heavy atom. The minimum absolute atomic E-state index is 0.951. The van der Waals surface area contributed by atoms with Crippen molar-refractivity contribution >= 4 is 0 Å². The van der Waals surface area contributed by atoms with E-state index < -0.39 is 0 Å². The van der Waals surface area contributed by atoms with Crippen LogP contribution in [0.2, 0.25) is 0 Å². The van der Waals surface area contributed by atoms with Crippen molar-refractivity contribution in [3.8, 4) is 0 Å². The summed E-state index contributed by atoms with van der Waals surface area (Å²) in [4.78, 5) is 0. The first-order chi connectivity index (χ1) is 5.93. The van der Waals surface area contributed by atoms with E-state index in [0.29, 0.717) is 0 Å². The summed E-state index contributed by atoms with van der Waals surface area (Å²) in [7, 11) is 1.95. The molecule has 0 aliphatic heterocycles. The summed E-state index contributed by atoms with van der Waals surface area (Å²) in [6, 6.07) is 10.5. The van der Waals surface area contributed by atoms with Crippen LogP contribution in [-0.2, 0) is 6.42 Å². The van der Waals surface area contributed by atoms with Gasteiger partial charge >= 0.3 is 0 Å².